The normalized spacial score (nSPS) is 12.9. The molecule has 0 amide bonds. The number of imidazole rings is 1. The summed E-state index contributed by atoms with van der Waals surface area (Å²) in [6.45, 7) is 0. The first-order valence-corrected chi connectivity index (χ1v) is 5.61. The Labute approximate surface area is 100 Å². The molecule has 0 saturated carbocycles. The van der Waals surface area contributed by atoms with Gasteiger partial charge in [0.25, 0.3) is 0 Å². The van der Waals surface area contributed by atoms with Gasteiger partial charge in [0.1, 0.15) is 5.82 Å². The monoisotopic (exact) mass is 234 g/mol. The molecule has 0 spiro atoms. The highest BCUT2D eigenvalue weighted by Crippen LogP contribution is 2.16. The molecule has 6 nitrogen and oxygen atoms in total. The van der Waals surface area contributed by atoms with Gasteiger partial charge in [-0.05, 0) is 6.42 Å². The van der Waals surface area contributed by atoms with Crippen LogP contribution < -0.4 is 11.3 Å². The van der Waals surface area contributed by atoms with Crippen molar-refractivity contribution in [2.24, 2.45) is 19.9 Å². The molecule has 0 aromatic carbocycles. The van der Waals surface area contributed by atoms with Crippen LogP contribution >= 0.6 is 0 Å². The molecule has 6 heteroatoms. The lowest BCUT2D eigenvalue weighted by atomic mass is 10.1. The second-order valence-corrected chi connectivity index (χ2v) is 4.16. The number of hydrogen-bond donors (Lipinski definition) is 2. The van der Waals surface area contributed by atoms with E-state index < -0.39 is 0 Å². The topological polar surface area (TPSA) is 73.7 Å². The Morgan fingerprint density at radius 1 is 1.47 bits per heavy atom. The zero-order valence-corrected chi connectivity index (χ0v) is 10.2. The molecule has 17 heavy (non-hydrogen) atoms. The van der Waals surface area contributed by atoms with Gasteiger partial charge >= 0.3 is 0 Å². The van der Waals surface area contributed by atoms with Crippen molar-refractivity contribution in [1.82, 2.24) is 24.8 Å². The summed E-state index contributed by atoms with van der Waals surface area (Å²) in [7, 11) is 3.90. The van der Waals surface area contributed by atoms with E-state index in [0.717, 1.165) is 24.2 Å². The molecule has 0 bridgehead atoms. The summed E-state index contributed by atoms with van der Waals surface area (Å²) in [5.74, 6) is 6.64. The van der Waals surface area contributed by atoms with Crippen molar-refractivity contribution in [2.75, 3.05) is 0 Å². The molecule has 0 saturated heterocycles. The molecule has 0 aliphatic heterocycles. The van der Waals surface area contributed by atoms with Crippen LogP contribution in [0.25, 0.3) is 0 Å². The Morgan fingerprint density at radius 3 is 2.82 bits per heavy atom. The van der Waals surface area contributed by atoms with E-state index in [1.54, 1.807) is 4.68 Å². The third-order valence-electron chi connectivity index (χ3n) is 2.91. The van der Waals surface area contributed by atoms with Crippen LogP contribution in [0.3, 0.4) is 0 Å². The van der Waals surface area contributed by atoms with Crippen LogP contribution in [-0.4, -0.2) is 19.3 Å². The van der Waals surface area contributed by atoms with Crippen molar-refractivity contribution in [3.05, 3.63) is 36.2 Å². The van der Waals surface area contributed by atoms with Gasteiger partial charge in [-0.15, -0.1) is 0 Å². The Hall–Kier alpha value is -1.66. The third-order valence-corrected chi connectivity index (χ3v) is 2.91. The molecule has 2 aromatic heterocycles. The van der Waals surface area contributed by atoms with Gasteiger partial charge < -0.3 is 4.57 Å². The Kier molecular flexibility index (Phi) is 3.55. The lowest BCUT2D eigenvalue weighted by Crippen LogP contribution is -2.28. The van der Waals surface area contributed by atoms with Crippen molar-refractivity contribution in [2.45, 2.75) is 18.9 Å². The average molecular weight is 234 g/mol. The summed E-state index contributed by atoms with van der Waals surface area (Å²) in [6, 6.07) is 0.111. The first-order valence-electron chi connectivity index (χ1n) is 5.61. The minimum Gasteiger partial charge on any atom is -0.338 e. The maximum Gasteiger partial charge on any atom is 0.108 e. The van der Waals surface area contributed by atoms with E-state index in [2.05, 4.69) is 15.5 Å². The molecule has 0 aliphatic rings. The molecule has 2 aromatic rings. The molecule has 0 aliphatic carbocycles. The number of aryl methyl sites for hydroxylation is 3. The SMILES string of the molecule is Cn1cc(C(CCc2nccn2C)NN)cn1. The number of nitrogens with two attached hydrogens (primary N) is 1. The second-order valence-electron chi connectivity index (χ2n) is 4.16. The van der Waals surface area contributed by atoms with E-state index in [4.69, 9.17) is 5.84 Å². The van der Waals surface area contributed by atoms with Gasteiger partial charge in [-0.3, -0.25) is 16.0 Å². The molecule has 0 fully saturated rings. The summed E-state index contributed by atoms with van der Waals surface area (Å²) < 4.78 is 3.80. The van der Waals surface area contributed by atoms with Gasteiger partial charge in [0.15, 0.2) is 0 Å². The van der Waals surface area contributed by atoms with Gasteiger partial charge in [-0.2, -0.15) is 5.10 Å². The zero-order valence-electron chi connectivity index (χ0n) is 10.2. The fourth-order valence-corrected chi connectivity index (χ4v) is 1.88. The van der Waals surface area contributed by atoms with Gasteiger partial charge in [0.2, 0.25) is 0 Å². The zero-order chi connectivity index (χ0) is 12.3. The number of aromatic nitrogens is 4. The largest absolute Gasteiger partial charge is 0.338 e. The Morgan fingerprint density at radius 2 is 2.29 bits per heavy atom. The van der Waals surface area contributed by atoms with Crippen LogP contribution in [0.2, 0.25) is 0 Å². The van der Waals surface area contributed by atoms with E-state index in [9.17, 15) is 0 Å². The smallest absolute Gasteiger partial charge is 0.108 e. The van der Waals surface area contributed by atoms with E-state index in [1.807, 2.05) is 43.4 Å². The standard InChI is InChI=1S/C11H18N6/c1-16-6-5-13-11(16)4-3-10(15-12)9-7-14-17(2)8-9/h5-8,10,15H,3-4,12H2,1-2H3. The van der Waals surface area contributed by atoms with E-state index in [-0.39, 0.29) is 6.04 Å². The number of nitrogens with one attached hydrogen (secondary N) is 1. The maximum atomic E-state index is 5.58. The Bertz CT molecular complexity index is 472. The molecule has 1 atom stereocenters. The highest BCUT2D eigenvalue weighted by atomic mass is 15.3. The van der Waals surface area contributed by atoms with Crippen molar-refractivity contribution < 1.29 is 0 Å². The summed E-state index contributed by atoms with van der Waals surface area (Å²) in [6.07, 6.45) is 9.35. The molecule has 2 heterocycles. The minimum absolute atomic E-state index is 0.111. The van der Waals surface area contributed by atoms with E-state index in [0.29, 0.717) is 0 Å². The lowest BCUT2D eigenvalue weighted by Gasteiger charge is -2.13. The summed E-state index contributed by atoms with van der Waals surface area (Å²) >= 11 is 0. The second kappa shape index (κ2) is 5.11. The summed E-state index contributed by atoms with van der Waals surface area (Å²) in [5.41, 5.74) is 3.92. The lowest BCUT2D eigenvalue weighted by molar-refractivity contribution is 0.506. The van der Waals surface area contributed by atoms with Crippen LogP contribution in [0, 0.1) is 0 Å². The fourth-order valence-electron chi connectivity index (χ4n) is 1.88. The first-order chi connectivity index (χ1) is 8.20. The molecular formula is C11H18N6. The van der Waals surface area contributed by atoms with Crippen molar-refractivity contribution in [3.8, 4) is 0 Å². The van der Waals surface area contributed by atoms with Gasteiger partial charge in [0.05, 0.1) is 6.20 Å². The van der Waals surface area contributed by atoms with Crippen LogP contribution in [0.1, 0.15) is 23.9 Å². The van der Waals surface area contributed by atoms with Crippen molar-refractivity contribution in [1.29, 1.82) is 0 Å². The highest BCUT2D eigenvalue weighted by Gasteiger charge is 2.12. The number of hydrogen-bond acceptors (Lipinski definition) is 4. The predicted molar refractivity (Wildman–Crippen MR) is 64.8 cm³/mol. The van der Waals surface area contributed by atoms with Gasteiger partial charge in [-0.25, -0.2) is 4.98 Å². The molecular weight excluding hydrogens is 216 g/mol. The average Bonchev–Trinajstić information content (AvgIpc) is 2.90. The van der Waals surface area contributed by atoms with Gasteiger partial charge in [-0.1, -0.05) is 0 Å². The van der Waals surface area contributed by atoms with Crippen molar-refractivity contribution in [3.63, 3.8) is 0 Å². The quantitative estimate of drug-likeness (QED) is 0.576. The molecule has 92 valence electrons. The van der Waals surface area contributed by atoms with Gasteiger partial charge in [0, 0.05) is 50.7 Å². The highest BCUT2D eigenvalue weighted by molar-refractivity contribution is 5.10. The number of hydrazine groups is 1. The fraction of sp³-hybridized carbons (Fsp3) is 0.455. The van der Waals surface area contributed by atoms with Crippen LogP contribution in [-0.2, 0) is 20.5 Å². The summed E-state index contributed by atoms with van der Waals surface area (Å²) in [5, 5.41) is 4.15. The minimum atomic E-state index is 0.111. The molecule has 1 unspecified atom stereocenters. The summed E-state index contributed by atoms with van der Waals surface area (Å²) in [4.78, 5) is 4.29. The molecule has 0 radical (unpaired) electrons. The van der Waals surface area contributed by atoms with Crippen molar-refractivity contribution >= 4 is 0 Å². The molecule has 3 N–H and O–H groups in total. The molecule has 2 rings (SSSR count). The van der Waals surface area contributed by atoms with Crippen LogP contribution in [0.5, 0.6) is 0 Å². The number of rotatable bonds is 5. The van der Waals surface area contributed by atoms with Crippen LogP contribution in [0.15, 0.2) is 24.8 Å². The first kappa shape index (κ1) is 11.8. The Balaban J connectivity index is 1.99. The third kappa shape index (κ3) is 2.72. The van der Waals surface area contributed by atoms with Crippen LogP contribution in [0.4, 0.5) is 0 Å². The maximum absolute atomic E-state index is 5.58. The number of nitrogens with zero attached hydrogens (tertiary/aromatic N) is 4. The van der Waals surface area contributed by atoms with E-state index in [1.165, 1.54) is 0 Å². The van der Waals surface area contributed by atoms with E-state index >= 15 is 0 Å². The predicted octanol–water partition coefficient (Wildman–Crippen LogP) is 0.291.